The SMILES string of the molecule is CCNC(=NCc1coc(-c2ccc(C)cc2)n1)NCCN1CCOCC1.I. The summed E-state index contributed by atoms with van der Waals surface area (Å²) in [5.74, 6) is 1.43. The third-order valence-corrected chi connectivity index (χ3v) is 4.42. The zero-order valence-electron chi connectivity index (χ0n) is 16.6. The smallest absolute Gasteiger partial charge is 0.226 e. The van der Waals surface area contributed by atoms with E-state index in [4.69, 9.17) is 9.15 Å². The molecule has 0 atom stereocenters. The molecule has 154 valence electrons. The number of nitrogens with zero attached hydrogens (tertiary/aromatic N) is 3. The minimum absolute atomic E-state index is 0. The first-order valence-corrected chi connectivity index (χ1v) is 9.58. The number of benzene rings is 1. The number of hydrogen-bond acceptors (Lipinski definition) is 5. The molecule has 0 bridgehead atoms. The van der Waals surface area contributed by atoms with Crippen molar-refractivity contribution in [3.63, 3.8) is 0 Å². The highest BCUT2D eigenvalue weighted by Gasteiger charge is 2.10. The van der Waals surface area contributed by atoms with E-state index in [1.54, 1.807) is 6.26 Å². The Bertz CT molecular complexity index is 726. The zero-order valence-corrected chi connectivity index (χ0v) is 18.9. The number of aryl methyl sites for hydroxylation is 1. The molecular formula is C20H30IN5O2. The third kappa shape index (κ3) is 7.06. The largest absolute Gasteiger partial charge is 0.444 e. The first-order chi connectivity index (χ1) is 13.2. The molecule has 1 aliphatic rings. The molecule has 0 unspecified atom stereocenters. The van der Waals surface area contributed by atoms with Crippen LogP contribution in [-0.2, 0) is 11.3 Å². The van der Waals surface area contributed by atoms with Crippen molar-refractivity contribution in [3.8, 4) is 11.5 Å². The van der Waals surface area contributed by atoms with E-state index < -0.39 is 0 Å². The van der Waals surface area contributed by atoms with Gasteiger partial charge in [-0.2, -0.15) is 0 Å². The molecule has 1 fully saturated rings. The van der Waals surface area contributed by atoms with Crippen LogP contribution in [0.15, 0.2) is 39.9 Å². The lowest BCUT2D eigenvalue weighted by atomic mass is 10.1. The summed E-state index contributed by atoms with van der Waals surface area (Å²) in [6, 6.07) is 8.15. The summed E-state index contributed by atoms with van der Waals surface area (Å²) in [6.07, 6.45) is 1.68. The molecule has 1 aromatic carbocycles. The Morgan fingerprint density at radius 3 is 2.64 bits per heavy atom. The van der Waals surface area contributed by atoms with Gasteiger partial charge in [-0.25, -0.2) is 9.98 Å². The molecular weight excluding hydrogens is 469 g/mol. The van der Waals surface area contributed by atoms with Gasteiger partial charge >= 0.3 is 0 Å². The zero-order chi connectivity index (χ0) is 18.9. The minimum Gasteiger partial charge on any atom is -0.444 e. The lowest BCUT2D eigenvalue weighted by Gasteiger charge is -2.26. The van der Waals surface area contributed by atoms with Gasteiger partial charge in [-0.05, 0) is 26.0 Å². The summed E-state index contributed by atoms with van der Waals surface area (Å²) in [5, 5.41) is 6.65. The number of nitrogens with one attached hydrogen (secondary N) is 2. The molecule has 28 heavy (non-hydrogen) atoms. The maximum atomic E-state index is 5.60. The highest BCUT2D eigenvalue weighted by atomic mass is 127. The number of halogens is 1. The second-order valence-electron chi connectivity index (χ2n) is 6.59. The fourth-order valence-corrected chi connectivity index (χ4v) is 2.87. The third-order valence-electron chi connectivity index (χ3n) is 4.42. The van der Waals surface area contributed by atoms with Crippen molar-refractivity contribution in [2.75, 3.05) is 45.9 Å². The Morgan fingerprint density at radius 2 is 1.93 bits per heavy atom. The Kier molecular flexibility index (Phi) is 9.72. The molecule has 0 aliphatic carbocycles. The van der Waals surface area contributed by atoms with Crippen molar-refractivity contribution in [1.29, 1.82) is 0 Å². The number of morpholine rings is 1. The van der Waals surface area contributed by atoms with Crippen LogP contribution in [0.25, 0.3) is 11.5 Å². The fraction of sp³-hybridized carbons (Fsp3) is 0.500. The maximum Gasteiger partial charge on any atom is 0.226 e. The molecule has 2 heterocycles. The predicted molar refractivity (Wildman–Crippen MR) is 122 cm³/mol. The first-order valence-electron chi connectivity index (χ1n) is 9.58. The number of hydrogen-bond donors (Lipinski definition) is 2. The van der Waals surface area contributed by atoms with Crippen molar-refractivity contribution in [2.45, 2.75) is 20.4 Å². The summed E-state index contributed by atoms with van der Waals surface area (Å²) in [7, 11) is 0. The van der Waals surface area contributed by atoms with Crippen LogP contribution in [0.5, 0.6) is 0 Å². The molecule has 0 radical (unpaired) electrons. The van der Waals surface area contributed by atoms with Crippen LogP contribution >= 0.6 is 24.0 Å². The van der Waals surface area contributed by atoms with E-state index in [1.165, 1.54) is 5.56 Å². The van der Waals surface area contributed by atoms with Crippen LogP contribution in [0.4, 0.5) is 0 Å². The van der Waals surface area contributed by atoms with Crippen LogP contribution in [0.1, 0.15) is 18.2 Å². The van der Waals surface area contributed by atoms with Gasteiger partial charge in [0.15, 0.2) is 5.96 Å². The first kappa shape index (κ1) is 22.6. The topological polar surface area (TPSA) is 74.9 Å². The van der Waals surface area contributed by atoms with Crippen LogP contribution < -0.4 is 10.6 Å². The van der Waals surface area contributed by atoms with Crippen LogP contribution in [0.3, 0.4) is 0 Å². The summed E-state index contributed by atoms with van der Waals surface area (Å²) in [5.41, 5.74) is 3.01. The predicted octanol–water partition coefficient (Wildman–Crippen LogP) is 2.66. The standard InChI is InChI=1S/C20H29N5O2.HI/c1-3-21-20(22-8-9-25-10-12-26-13-11-25)23-14-18-15-27-19(24-18)17-6-4-16(2)5-7-17;/h4-7,15H,3,8-14H2,1-2H3,(H2,21,22,23);1H. The van der Waals surface area contributed by atoms with Crippen molar-refractivity contribution >= 4 is 29.9 Å². The van der Waals surface area contributed by atoms with Gasteiger partial charge in [0.2, 0.25) is 5.89 Å². The number of guanidine groups is 1. The average molecular weight is 499 g/mol. The monoisotopic (exact) mass is 499 g/mol. The quantitative estimate of drug-likeness (QED) is 0.347. The molecule has 0 spiro atoms. The molecule has 0 amide bonds. The number of aliphatic imine (C=N–C) groups is 1. The number of aromatic nitrogens is 1. The Hall–Kier alpha value is -1.65. The van der Waals surface area contributed by atoms with Crippen LogP contribution in [-0.4, -0.2) is 61.8 Å². The summed E-state index contributed by atoms with van der Waals surface area (Å²) in [6.45, 7) is 10.9. The lowest BCUT2D eigenvalue weighted by Crippen LogP contribution is -2.44. The molecule has 3 rings (SSSR count). The van der Waals surface area contributed by atoms with Crippen LogP contribution in [0, 0.1) is 6.92 Å². The second kappa shape index (κ2) is 12.0. The number of oxazole rings is 1. The Balaban J connectivity index is 0.00000280. The van der Waals surface area contributed by atoms with E-state index in [2.05, 4.69) is 51.5 Å². The molecule has 1 aliphatic heterocycles. The summed E-state index contributed by atoms with van der Waals surface area (Å²) in [4.78, 5) is 11.6. The van der Waals surface area contributed by atoms with Crippen molar-refractivity contribution < 1.29 is 9.15 Å². The van der Waals surface area contributed by atoms with Gasteiger partial charge in [-0.1, -0.05) is 17.7 Å². The van der Waals surface area contributed by atoms with E-state index in [0.29, 0.717) is 12.4 Å². The van der Waals surface area contributed by atoms with Crippen molar-refractivity contribution in [2.24, 2.45) is 4.99 Å². The van der Waals surface area contributed by atoms with Gasteiger partial charge in [-0.3, -0.25) is 4.90 Å². The minimum atomic E-state index is 0. The van der Waals surface area contributed by atoms with E-state index in [-0.39, 0.29) is 24.0 Å². The molecule has 1 aromatic heterocycles. The number of rotatable bonds is 7. The molecule has 0 saturated carbocycles. The molecule has 2 aromatic rings. The number of ether oxygens (including phenoxy) is 1. The lowest BCUT2D eigenvalue weighted by molar-refractivity contribution is 0.0389. The summed E-state index contributed by atoms with van der Waals surface area (Å²) >= 11 is 0. The van der Waals surface area contributed by atoms with E-state index >= 15 is 0 Å². The van der Waals surface area contributed by atoms with E-state index in [1.807, 2.05) is 12.1 Å². The average Bonchev–Trinajstić information content (AvgIpc) is 3.16. The van der Waals surface area contributed by atoms with Gasteiger partial charge < -0.3 is 19.8 Å². The van der Waals surface area contributed by atoms with Gasteiger partial charge in [0.1, 0.15) is 12.0 Å². The highest BCUT2D eigenvalue weighted by Crippen LogP contribution is 2.19. The second-order valence-corrected chi connectivity index (χ2v) is 6.59. The highest BCUT2D eigenvalue weighted by molar-refractivity contribution is 14.0. The van der Waals surface area contributed by atoms with Gasteiger partial charge in [-0.15, -0.1) is 24.0 Å². The Morgan fingerprint density at radius 1 is 1.18 bits per heavy atom. The molecule has 7 nitrogen and oxygen atoms in total. The van der Waals surface area contributed by atoms with Gasteiger partial charge in [0, 0.05) is 38.3 Å². The molecule has 8 heteroatoms. The van der Waals surface area contributed by atoms with Crippen molar-refractivity contribution in [1.82, 2.24) is 20.5 Å². The normalized spacial score (nSPS) is 15.1. The molecule has 1 saturated heterocycles. The van der Waals surface area contributed by atoms with Gasteiger partial charge in [0.25, 0.3) is 0 Å². The van der Waals surface area contributed by atoms with E-state index in [9.17, 15) is 0 Å². The van der Waals surface area contributed by atoms with Crippen LogP contribution in [0.2, 0.25) is 0 Å². The van der Waals surface area contributed by atoms with E-state index in [0.717, 1.165) is 63.2 Å². The molecule has 2 N–H and O–H groups in total. The maximum absolute atomic E-state index is 5.60. The van der Waals surface area contributed by atoms with Gasteiger partial charge in [0.05, 0.1) is 19.8 Å². The fourth-order valence-electron chi connectivity index (χ4n) is 2.87. The Labute approximate surface area is 184 Å². The van der Waals surface area contributed by atoms with Crippen molar-refractivity contribution in [3.05, 3.63) is 41.8 Å². The summed E-state index contributed by atoms with van der Waals surface area (Å²) < 4.78 is 11.0.